The van der Waals surface area contributed by atoms with Crippen LogP contribution in [0.4, 0.5) is 17.2 Å². The van der Waals surface area contributed by atoms with Gasteiger partial charge in [-0.05, 0) is 66.3 Å². The molecule has 3 heterocycles. The number of rotatable bonds is 18. The Labute approximate surface area is 332 Å². The second-order valence-electron chi connectivity index (χ2n) is 14.5. The van der Waals surface area contributed by atoms with Gasteiger partial charge < -0.3 is 45.9 Å². The summed E-state index contributed by atoms with van der Waals surface area (Å²) in [7, 11) is 3.41. The van der Waals surface area contributed by atoms with Crippen LogP contribution in [0.5, 0.6) is 5.75 Å². The number of carbonyl (C=O) groups excluding carboxylic acids is 2. The van der Waals surface area contributed by atoms with Gasteiger partial charge in [0.05, 0.1) is 49.3 Å². The number of pyridine rings is 1. The number of phenols is 1. The molecule has 1 spiro atoms. The quantitative estimate of drug-likeness (QED) is 0.0527. The number of hydrogen-bond donors (Lipinski definition) is 5. The maximum Gasteiger partial charge on any atom is 0.224 e. The molecule has 0 radical (unpaired) electrons. The van der Waals surface area contributed by atoms with Gasteiger partial charge in [0.15, 0.2) is 5.82 Å². The van der Waals surface area contributed by atoms with E-state index in [1.165, 1.54) is 29.7 Å². The molecule has 0 bridgehead atoms. The van der Waals surface area contributed by atoms with Crippen molar-refractivity contribution in [2.75, 3.05) is 95.7 Å². The van der Waals surface area contributed by atoms with Gasteiger partial charge in [-0.1, -0.05) is 50.6 Å². The van der Waals surface area contributed by atoms with E-state index in [1.807, 2.05) is 12.1 Å². The van der Waals surface area contributed by atoms with Crippen molar-refractivity contribution in [3.63, 3.8) is 0 Å². The molecule has 0 saturated carbocycles. The largest absolute Gasteiger partial charge is 0.506 e. The Bertz CT molecular complexity index is 1700. The molecule has 13 heteroatoms. The van der Waals surface area contributed by atoms with Gasteiger partial charge in [-0.2, -0.15) is 0 Å². The standard InChI is InChI=1S/C40H55N7O6.C3H8/c1-42-38-33(8-5-22-48)32(10-11-35(38)49)36(50)27-43-17-20-45(2)37(51)13-24-52-23-12-30-6-3-7-31(26-30)28-46-18-14-40(15-19-46)29-47(21-25-53-40)39-34(41)9-4-16-44-39;1-3-2/h3-11,16,22,26,36,42-43,49-50H,12-15,17-21,23-25,27-29,41H2,1-2H3;3H2,1-2H3/b8-5-;. The molecule has 2 aliphatic heterocycles. The number of morpholine rings is 1. The number of carbonyl (C=O) groups is 2. The summed E-state index contributed by atoms with van der Waals surface area (Å²) in [6.07, 6.45) is 8.68. The number of aliphatic hydroxyl groups excluding tert-OH is 1. The molecule has 56 heavy (non-hydrogen) atoms. The normalized spacial score (nSPS) is 16.0. The van der Waals surface area contributed by atoms with Gasteiger partial charge in [-0.15, -0.1) is 0 Å². The highest BCUT2D eigenvalue weighted by Gasteiger charge is 2.40. The smallest absolute Gasteiger partial charge is 0.224 e. The number of aromatic hydroxyl groups is 1. The average Bonchev–Trinajstić information content (AvgIpc) is 3.20. The molecule has 2 saturated heterocycles. The molecule has 13 nitrogen and oxygen atoms in total. The van der Waals surface area contributed by atoms with E-state index in [1.54, 1.807) is 37.3 Å². The van der Waals surface area contributed by atoms with Crippen LogP contribution >= 0.6 is 0 Å². The lowest BCUT2D eigenvalue weighted by Gasteiger charge is -2.47. The predicted octanol–water partition coefficient (Wildman–Crippen LogP) is 4.64. The molecular formula is C43H63N7O6. The fourth-order valence-corrected chi connectivity index (χ4v) is 7.12. The first-order valence-corrected chi connectivity index (χ1v) is 19.9. The third-order valence-electron chi connectivity index (χ3n) is 10.1. The number of likely N-dealkylation sites (N-methyl/N-ethyl adjacent to an activating group) is 1. The van der Waals surface area contributed by atoms with Gasteiger partial charge in [-0.3, -0.25) is 14.5 Å². The topological polar surface area (TPSA) is 166 Å². The number of benzene rings is 2. The number of nitrogen functional groups attached to an aromatic ring is 1. The van der Waals surface area contributed by atoms with Crippen molar-refractivity contribution >= 4 is 35.5 Å². The predicted molar refractivity (Wildman–Crippen MR) is 224 cm³/mol. The second kappa shape index (κ2) is 22.9. The minimum atomic E-state index is -0.885. The lowest BCUT2D eigenvalue weighted by atomic mass is 9.89. The number of aromatic nitrogens is 1. The molecule has 1 aromatic heterocycles. The number of nitrogens with two attached hydrogens (primary N) is 1. The van der Waals surface area contributed by atoms with Crippen LogP contribution < -0.4 is 21.3 Å². The van der Waals surface area contributed by atoms with Crippen LogP contribution in [0.15, 0.2) is 60.8 Å². The van der Waals surface area contributed by atoms with Crippen molar-refractivity contribution in [1.29, 1.82) is 0 Å². The van der Waals surface area contributed by atoms with Gasteiger partial charge in [0.2, 0.25) is 5.91 Å². The van der Waals surface area contributed by atoms with Crippen molar-refractivity contribution in [3.05, 3.63) is 83.1 Å². The minimum absolute atomic E-state index is 0.0108. The van der Waals surface area contributed by atoms with Gasteiger partial charge in [0, 0.05) is 78.2 Å². The number of aldehydes is 1. The number of likely N-dealkylation sites (tertiary alicyclic amines) is 1. The van der Waals surface area contributed by atoms with E-state index in [4.69, 9.17) is 15.2 Å². The number of nitrogens with one attached hydrogen (secondary N) is 2. The molecular weight excluding hydrogens is 711 g/mol. The number of piperidine rings is 1. The molecule has 1 amide bonds. The van der Waals surface area contributed by atoms with Crippen molar-refractivity contribution in [2.24, 2.45) is 0 Å². The Balaban J connectivity index is 0.00000225. The number of aliphatic hydroxyl groups is 1. The Morgan fingerprint density at radius 3 is 2.62 bits per heavy atom. The summed E-state index contributed by atoms with van der Waals surface area (Å²) in [6, 6.07) is 15.6. The summed E-state index contributed by atoms with van der Waals surface area (Å²) < 4.78 is 12.2. The summed E-state index contributed by atoms with van der Waals surface area (Å²) in [4.78, 5) is 34.5. The molecule has 3 aromatic rings. The molecule has 2 aliphatic rings. The van der Waals surface area contributed by atoms with Crippen LogP contribution in [-0.2, 0) is 32.0 Å². The third kappa shape index (κ3) is 13.0. The summed E-state index contributed by atoms with van der Waals surface area (Å²) >= 11 is 0. The van der Waals surface area contributed by atoms with Gasteiger partial charge in [0.25, 0.3) is 0 Å². The summed E-state index contributed by atoms with van der Waals surface area (Å²) in [5, 5.41) is 27.1. The zero-order valence-corrected chi connectivity index (χ0v) is 33.7. The van der Waals surface area contributed by atoms with E-state index < -0.39 is 6.10 Å². The second-order valence-corrected chi connectivity index (χ2v) is 14.5. The van der Waals surface area contributed by atoms with E-state index >= 15 is 0 Å². The first-order valence-electron chi connectivity index (χ1n) is 19.9. The maximum atomic E-state index is 12.7. The fourth-order valence-electron chi connectivity index (χ4n) is 7.12. The molecule has 6 N–H and O–H groups in total. The zero-order chi connectivity index (χ0) is 40.3. The lowest BCUT2D eigenvalue weighted by Crippen LogP contribution is -2.57. The SMILES string of the molecule is CCC.CNc1c(O)ccc(C(O)CNCCN(C)C(=O)CCOCCc2cccc(CN3CCC4(CC3)CN(c3ncccc3N)CCO4)c2)c1/C=C\C=O. The van der Waals surface area contributed by atoms with Crippen LogP contribution in [-0.4, -0.2) is 123 Å². The highest BCUT2D eigenvalue weighted by Crippen LogP contribution is 2.35. The Kier molecular flexibility index (Phi) is 18.1. The average molecular weight is 774 g/mol. The number of nitrogens with zero attached hydrogens (tertiary/aromatic N) is 4. The number of hydrogen-bond acceptors (Lipinski definition) is 12. The highest BCUT2D eigenvalue weighted by atomic mass is 16.5. The van der Waals surface area contributed by atoms with Crippen molar-refractivity contribution in [2.45, 2.75) is 64.2 Å². The van der Waals surface area contributed by atoms with Crippen LogP contribution in [0.2, 0.25) is 0 Å². The Hall–Kier alpha value is -4.53. The number of ether oxygens (including phenoxy) is 2. The van der Waals surface area contributed by atoms with Gasteiger partial charge in [-0.25, -0.2) is 4.98 Å². The Morgan fingerprint density at radius 2 is 1.89 bits per heavy atom. The monoisotopic (exact) mass is 773 g/mol. The van der Waals surface area contributed by atoms with Crippen LogP contribution in [0.1, 0.15) is 67.9 Å². The van der Waals surface area contributed by atoms with Crippen LogP contribution in [0.25, 0.3) is 6.08 Å². The molecule has 5 rings (SSSR count). The third-order valence-corrected chi connectivity index (χ3v) is 10.1. The number of amides is 1. The van der Waals surface area contributed by atoms with Crippen molar-refractivity contribution < 1.29 is 29.3 Å². The van der Waals surface area contributed by atoms with E-state index in [-0.39, 0.29) is 23.8 Å². The summed E-state index contributed by atoms with van der Waals surface area (Å²) in [5.74, 6) is 0.867. The van der Waals surface area contributed by atoms with E-state index in [9.17, 15) is 19.8 Å². The first-order chi connectivity index (χ1) is 27.1. The van der Waals surface area contributed by atoms with Crippen molar-refractivity contribution in [1.82, 2.24) is 20.1 Å². The van der Waals surface area contributed by atoms with Gasteiger partial charge >= 0.3 is 0 Å². The first kappa shape index (κ1) is 44.2. The molecule has 306 valence electrons. The molecule has 2 fully saturated rings. The van der Waals surface area contributed by atoms with Crippen LogP contribution in [0.3, 0.4) is 0 Å². The molecule has 1 unspecified atom stereocenters. The van der Waals surface area contributed by atoms with Crippen molar-refractivity contribution in [3.8, 4) is 5.75 Å². The summed E-state index contributed by atoms with van der Waals surface area (Å²) in [6.45, 7) is 11.5. The van der Waals surface area contributed by atoms with E-state index in [0.29, 0.717) is 68.1 Å². The van der Waals surface area contributed by atoms with E-state index in [2.05, 4.69) is 63.5 Å². The highest BCUT2D eigenvalue weighted by molar-refractivity contribution is 5.81. The maximum absolute atomic E-state index is 12.7. The van der Waals surface area contributed by atoms with Crippen LogP contribution in [0, 0.1) is 0 Å². The number of phenolic OH excluding ortho intramolecular Hbond substituents is 1. The number of allylic oxidation sites excluding steroid dienone is 1. The minimum Gasteiger partial charge on any atom is -0.506 e. The molecule has 0 aliphatic carbocycles. The Morgan fingerprint density at radius 1 is 1.12 bits per heavy atom. The van der Waals surface area contributed by atoms with Gasteiger partial charge in [0.1, 0.15) is 12.0 Å². The fraction of sp³-hybridized carbons (Fsp3) is 0.512. The molecule has 2 aromatic carbocycles. The van der Waals surface area contributed by atoms with E-state index in [0.717, 1.165) is 57.8 Å². The number of anilines is 3. The summed E-state index contributed by atoms with van der Waals surface area (Å²) in [5.41, 5.74) is 10.8. The molecule has 1 atom stereocenters. The lowest BCUT2D eigenvalue weighted by molar-refractivity contribution is -0.131. The zero-order valence-electron chi connectivity index (χ0n) is 33.7.